The molecule has 96 valence electrons. The molecule has 8 heteroatoms. The average Bonchev–Trinajstić information content (AvgIpc) is 2.87. The summed E-state index contributed by atoms with van der Waals surface area (Å²) in [5.41, 5.74) is 0.784. The Bertz CT molecular complexity index is 767. The van der Waals surface area contributed by atoms with E-state index in [4.69, 9.17) is 16.7 Å². The highest BCUT2D eigenvalue weighted by Crippen LogP contribution is 2.23. The number of carbonyl (C=O) groups is 1. The minimum atomic E-state index is -0.922. The lowest BCUT2D eigenvalue weighted by atomic mass is 10.2. The van der Waals surface area contributed by atoms with Crippen LogP contribution in [-0.2, 0) is 11.2 Å². The van der Waals surface area contributed by atoms with Crippen LogP contribution in [0, 0.1) is 0 Å². The van der Waals surface area contributed by atoms with Gasteiger partial charge in [0.05, 0.1) is 6.42 Å². The van der Waals surface area contributed by atoms with E-state index < -0.39 is 5.97 Å². The van der Waals surface area contributed by atoms with E-state index >= 15 is 0 Å². The Hall–Kier alpha value is -1.99. The number of carboxylic acids is 1. The van der Waals surface area contributed by atoms with Crippen molar-refractivity contribution in [2.24, 2.45) is 0 Å². The molecule has 0 unspecified atom stereocenters. The van der Waals surface area contributed by atoms with E-state index in [0.29, 0.717) is 20.8 Å². The Balaban J connectivity index is 2.09. The van der Waals surface area contributed by atoms with Crippen LogP contribution in [-0.4, -0.2) is 30.9 Å². The molecule has 0 radical (unpaired) electrons. The highest BCUT2D eigenvalue weighted by Gasteiger charge is 2.14. The second-order valence-corrected chi connectivity index (χ2v) is 5.27. The van der Waals surface area contributed by atoms with Crippen molar-refractivity contribution in [3.63, 3.8) is 0 Å². The van der Waals surface area contributed by atoms with Crippen LogP contribution >= 0.6 is 22.9 Å². The summed E-state index contributed by atoms with van der Waals surface area (Å²) in [6.45, 7) is 0. The third-order valence-corrected chi connectivity index (χ3v) is 3.55. The highest BCUT2D eigenvalue weighted by atomic mass is 35.5. The fraction of sp³-hybridized carbons (Fsp3) is 0.0909. The van der Waals surface area contributed by atoms with E-state index in [-0.39, 0.29) is 6.42 Å². The largest absolute Gasteiger partial charge is 0.481 e. The van der Waals surface area contributed by atoms with Gasteiger partial charge in [0.1, 0.15) is 5.01 Å². The second kappa shape index (κ2) is 4.60. The summed E-state index contributed by atoms with van der Waals surface area (Å²) < 4.78 is 1.54. The fourth-order valence-corrected chi connectivity index (χ4v) is 2.68. The second-order valence-electron chi connectivity index (χ2n) is 3.79. The molecule has 0 fully saturated rings. The van der Waals surface area contributed by atoms with Crippen LogP contribution < -0.4 is 0 Å². The summed E-state index contributed by atoms with van der Waals surface area (Å²) in [5.74, 6) is -0.375. The first kappa shape index (κ1) is 12.1. The van der Waals surface area contributed by atoms with Crippen molar-refractivity contribution in [2.75, 3.05) is 0 Å². The van der Waals surface area contributed by atoms with Crippen molar-refractivity contribution in [1.82, 2.24) is 19.8 Å². The maximum atomic E-state index is 10.7. The molecule has 0 aliphatic rings. The minimum Gasteiger partial charge on any atom is -0.481 e. The molecule has 0 aliphatic carbocycles. The minimum absolute atomic E-state index is 0.122. The van der Waals surface area contributed by atoms with Crippen LogP contribution in [0.2, 0.25) is 5.02 Å². The van der Waals surface area contributed by atoms with Gasteiger partial charge in [0.2, 0.25) is 4.96 Å². The summed E-state index contributed by atoms with van der Waals surface area (Å²) in [7, 11) is 0. The molecule has 1 N–H and O–H groups in total. The summed E-state index contributed by atoms with van der Waals surface area (Å²) in [5, 5.41) is 22.1. The lowest BCUT2D eigenvalue weighted by molar-refractivity contribution is -0.136. The molecule has 6 nitrogen and oxygen atoms in total. The summed E-state index contributed by atoms with van der Waals surface area (Å²) in [6, 6.07) is 7.18. The monoisotopic (exact) mass is 294 g/mol. The highest BCUT2D eigenvalue weighted by molar-refractivity contribution is 7.16. The van der Waals surface area contributed by atoms with Crippen LogP contribution in [0.15, 0.2) is 24.3 Å². The zero-order valence-corrected chi connectivity index (χ0v) is 11.0. The van der Waals surface area contributed by atoms with Gasteiger partial charge in [0, 0.05) is 10.6 Å². The summed E-state index contributed by atoms with van der Waals surface area (Å²) in [4.78, 5) is 11.2. The molecule has 3 aromatic rings. The van der Waals surface area contributed by atoms with Crippen LogP contribution in [0.4, 0.5) is 0 Å². The summed E-state index contributed by atoms with van der Waals surface area (Å²) >= 11 is 7.14. The smallest absolute Gasteiger partial charge is 0.310 e. The molecule has 19 heavy (non-hydrogen) atoms. The van der Waals surface area contributed by atoms with Gasteiger partial charge in [-0.15, -0.1) is 10.2 Å². The number of halogens is 1. The summed E-state index contributed by atoms with van der Waals surface area (Å²) in [6.07, 6.45) is -0.122. The molecule has 0 bridgehead atoms. The third-order valence-electron chi connectivity index (χ3n) is 2.42. The third kappa shape index (κ3) is 2.29. The molecule has 0 saturated carbocycles. The van der Waals surface area contributed by atoms with Crippen molar-refractivity contribution in [1.29, 1.82) is 0 Å². The normalized spacial score (nSPS) is 11.0. The molecule has 1 aromatic carbocycles. The SMILES string of the molecule is O=C(O)Cc1nn2c(-c3cccc(Cl)c3)nnc2s1. The lowest BCUT2D eigenvalue weighted by Crippen LogP contribution is -2.00. The van der Waals surface area contributed by atoms with Gasteiger partial charge in [-0.2, -0.15) is 9.61 Å². The molecule has 0 saturated heterocycles. The Morgan fingerprint density at radius 1 is 1.42 bits per heavy atom. The van der Waals surface area contributed by atoms with E-state index in [9.17, 15) is 4.79 Å². The molecule has 3 rings (SSSR count). The van der Waals surface area contributed by atoms with E-state index in [1.165, 1.54) is 15.9 Å². The van der Waals surface area contributed by atoms with E-state index in [0.717, 1.165) is 5.56 Å². The fourth-order valence-electron chi connectivity index (χ4n) is 1.66. The van der Waals surface area contributed by atoms with Gasteiger partial charge >= 0.3 is 5.97 Å². The maximum absolute atomic E-state index is 10.7. The number of hydrogen-bond acceptors (Lipinski definition) is 5. The zero-order valence-electron chi connectivity index (χ0n) is 9.45. The van der Waals surface area contributed by atoms with Crippen LogP contribution in [0.3, 0.4) is 0 Å². The van der Waals surface area contributed by atoms with Gasteiger partial charge < -0.3 is 5.11 Å². The van der Waals surface area contributed by atoms with Gasteiger partial charge in [0.15, 0.2) is 5.82 Å². The van der Waals surface area contributed by atoms with Crippen molar-refractivity contribution >= 4 is 33.9 Å². The number of fused-ring (bicyclic) bond motifs is 1. The molecular formula is C11H7ClN4O2S. The van der Waals surface area contributed by atoms with Crippen LogP contribution in [0.25, 0.3) is 16.3 Å². The van der Waals surface area contributed by atoms with E-state index in [1.54, 1.807) is 12.1 Å². The quantitative estimate of drug-likeness (QED) is 0.800. The standard InChI is InChI=1S/C11H7ClN4O2S/c12-7-3-1-2-6(4-7)10-13-14-11-16(10)15-8(19-11)5-9(17)18/h1-4H,5H2,(H,17,18). The number of rotatable bonds is 3. The molecule has 2 aromatic heterocycles. The maximum Gasteiger partial charge on any atom is 0.310 e. The van der Waals surface area contributed by atoms with E-state index in [2.05, 4.69) is 15.3 Å². The predicted octanol–water partition coefficient (Wildman–Crippen LogP) is 2.13. The van der Waals surface area contributed by atoms with Gasteiger partial charge in [-0.25, -0.2) is 0 Å². The molecular weight excluding hydrogens is 288 g/mol. The number of aromatic nitrogens is 4. The number of nitrogens with zero attached hydrogens (tertiary/aromatic N) is 4. The average molecular weight is 295 g/mol. The van der Waals surface area contributed by atoms with Crippen LogP contribution in [0.1, 0.15) is 5.01 Å². The first-order valence-corrected chi connectivity index (χ1v) is 6.52. The molecule has 0 atom stereocenters. The van der Waals surface area contributed by atoms with Gasteiger partial charge in [-0.3, -0.25) is 4.79 Å². The molecule has 0 amide bonds. The van der Waals surface area contributed by atoms with Crippen molar-refractivity contribution in [3.8, 4) is 11.4 Å². The zero-order chi connectivity index (χ0) is 13.4. The topological polar surface area (TPSA) is 80.4 Å². The number of benzene rings is 1. The first-order chi connectivity index (χ1) is 9.13. The van der Waals surface area contributed by atoms with Crippen molar-refractivity contribution in [3.05, 3.63) is 34.3 Å². The Morgan fingerprint density at radius 3 is 3.00 bits per heavy atom. The van der Waals surface area contributed by atoms with Crippen molar-refractivity contribution in [2.45, 2.75) is 6.42 Å². The first-order valence-electron chi connectivity index (χ1n) is 5.32. The molecule has 0 aliphatic heterocycles. The number of hydrogen-bond donors (Lipinski definition) is 1. The molecule has 2 heterocycles. The Kier molecular flexibility index (Phi) is 2.92. The number of carboxylic acid groups (broad SMARTS) is 1. The molecule has 0 spiro atoms. The van der Waals surface area contributed by atoms with Gasteiger partial charge in [-0.05, 0) is 12.1 Å². The predicted molar refractivity (Wildman–Crippen MR) is 70.4 cm³/mol. The lowest BCUT2D eigenvalue weighted by Gasteiger charge is -1.97. The van der Waals surface area contributed by atoms with Crippen LogP contribution in [0.5, 0.6) is 0 Å². The van der Waals surface area contributed by atoms with Crippen molar-refractivity contribution < 1.29 is 9.90 Å². The number of aliphatic carboxylic acids is 1. The van der Waals surface area contributed by atoms with E-state index in [1.807, 2.05) is 12.1 Å². The Labute approximate surface area is 116 Å². The Morgan fingerprint density at radius 2 is 2.26 bits per heavy atom. The van der Waals surface area contributed by atoms with Gasteiger partial charge in [0.25, 0.3) is 0 Å². The van der Waals surface area contributed by atoms with Gasteiger partial charge in [-0.1, -0.05) is 35.1 Å².